The minimum atomic E-state index is 0.331. The van der Waals surface area contributed by atoms with Crippen LogP contribution in [0.4, 0.5) is 0 Å². The normalized spacial score (nSPS) is 12.7. The molecule has 0 radical (unpaired) electrons. The number of rotatable bonds is 3. The fourth-order valence-electron chi connectivity index (χ4n) is 2.28. The van der Waals surface area contributed by atoms with Gasteiger partial charge >= 0.3 is 0 Å². The summed E-state index contributed by atoms with van der Waals surface area (Å²) in [6.07, 6.45) is 0. The zero-order valence-corrected chi connectivity index (χ0v) is 10.7. The van der Waals surface area contributed by atoms with Crippen LogP contribution in [0.2, 0.25) is 0 Å². The lowest BCUT2D eigenvalue weighted by Gasteiger charge is -2.26. The van der Waals surface area contributed by atoms with Crippen molar-refractivity contribution in [3.8, 4) is 0 Å². The van der Waals surface area contributed by atoms with Gasteiger partial charge in [0.05, 0.1) is 6.04 Å². The molecule has 0 aliphatic heterocycles. The Morgan fingerprint density at radius 2 is 1.41 bits per heavy atom. The van der Waals surface area contributed by atoms with Crippen LogP contribution in [0.5, 0.6) is 0 Å². The van der Waals surface area contributed by atoms with E-state index in [9.17, 15) is 0 Å². The Kier molecular flexibility index (Phi) is 3.60. The first kappa shape index (κ1) is 11.9. The molecule has 0 spiro atoms. The highest BCUT2D eigenvalue weighted by atomic mass is 15.1. The van der Waals surface area contributed by atoms with Crippen LogP contribution in [0.1, 0.15) is 22.7 Å². The molecule has 17 heavy (non-hydrogen) atoms. The predicted molar refractivity (Wildman–Crippen MR) is 73.2 cm³/mol. The minimum absolute atomic E-state index is 0.331. The molecule has 1 heteroatoms. The van der Waals surface area contributed by atoms with Gasteiger partial charge in [-0.15, -0.1) is 0 Å². The fraction of sp³-hybridized carbons (Fsp3) is 0.250. The molecular weight excluding hydrogens is 206 g/mol. The minimum Gasteiger partial charge on any atom is -0.299 e. The van der Waals surface area contributed by atoms with Gasteiger partial charge in [-0.2, -0.15) is 0 Å². The average molecular weight is 225 g/mol. The van der Waals surface area contributed by atoms with E-state index < -0.39 is 0 Å². The van der Waals surface area contributed by atoms with Crippen molar-refractivity contribution in [3.05, 3.63) is 71.3 Å². The lowest BCUT2D eigenvalue weighted by atomic mass is 9.94. The van der Waals surface area contributed by atoms with Crippen molar-refractivity contribution in [2.24, 2.45) is 0 Å². The third kappa shape index (κ3) is 2.56. The summed E-state index contributed by atoms with van der Waals surface area (Å²) in [5, 5.41) is 0. The number of hydrogen-bond acceptors (Lipinski definition) is 1. The predicted octanol–water partition coefficient (Wildman–Crippen LogP) is 3.65. The molecule has 1 atom stereocenters. The van der Waals surface area contributed by atoms with E-state index in [1.54, 1.807) is 0 Å². The summed E-state index contributed by atoms with van der Waals surface area (Å²) >= 11 is 0. The molecule has 2 aromatic carbocycles. The largest absolute Gasteiger partial charge is 0.299 e. The zero-order valence-electron chi connectivity index (χ0n) is 10.7. The summed E-state index contributed by atoms with van der Waals surface area (Å²) in [6.45, 7) is 2.18. The highest BCUT2D eigenvalue weighted by molar-refractivity contribution is 5.36. The van der Waals surface area contributed by atoms with Crippen LogP contribution in [0.15, 0.2) is 54.6 Å². The molecule has 0 amide bonds. The van der Waals surface area contributed by atoms with Crippen LogP contribution in [0.3, 0.4) is 0 Å². The Balaban J connectivity index is 2.47. The Hall–Kier alpha value is -1.60. The first-order chi connectivity index (χ1) is 8.20. The summed E-state index contributed by atoms with van der Waals surface area (Å²) in [4.78, 5) is 2.26. The van der Waals surface area contributed by atoms with Crippen molar-refractivity contribution < 1.29 is 0 Å². The SMILES string of the molecule is Cc1ccccc1C(c1ccccc1)N(C)C. The Labute approximate surface area is 104 Å². The van der Waals surface area contributed by atoms with Gasteiger partial charge in [0.15, 0.2) is 0 Å². The van der Waals surface area contributed by atoms with Crippen molar-refractivity contribution in [1.82, 2.24) is 4.90 Å². The Morgan fingerprint density at radius 1 is 0.824 bits per heavy atom. The van der Waals surface area contributed by atoms with Crippen LogP contribution in [0, 0.1) is 6.92 Å². The van der Waals surface area contributed by atoms with E-state index in [1.807, 2.05) is 0 Å². The van der Waals surface area contributed by atoms with E-state index in [1.165, 1.54) is 16.7 Å². The van der Waals surface area contributed by atoms with Crippen LogP contribution in [0.25, 0.3) is 0 Å². The fourth-order valence-corrected chi connectivity index (χ4v) is 2.28. The molecule has 0 aliphatic rings. The molecule has 2 rings (SSSR count). The molecule has 0 aliphatic carbocycles. The van der Waals surface area contributed by atoms with Gasteiger partial charge < -0.3 is 0 Å². The summed E-state index contributed by atoms with van der Waals surface area (Å²) in [5.74, 6) is 0. The van der Waals surface area contributed by atoms with Crippen LogP contribution >= 0.6 is 0 Å². The molecule has 1 unspecified atom stereocenters. The van der Waals surface area contributed by atoms with Gasteiger partial charge in [0.1, 0.15) is 0 Å². The second-order valence-electron chi connectivity index (χ2n) is 4.63. The van der Waals surface area contributed by atoms with E-state index in [0.717, 1.165) is 0 Å². The molecule has 2 aromatic rings. The van der Waals surface area contributed by atoms with E-state index in [4.69, 9.17) is 0 Å². The van der Waals surface area contributed by atoms with Gasteiger partial charge in [0, 0.05) is 0 Å². The van der Waals surface area contributed by atoms with E-state index in [-0.39, 0.29) is 0 Å². The molecule has 88 valence electrons. The van der Waals surface area contributed by atoms with Crippen molar-refractivity contribution in [2.75, 3.05) is 14.1 Å². The standard InChI is InChI=1S/C16H19N/c1-13-9-7-8-12-15(13)16(17(2)3)14-10-5-4-6-11-14/h4-12,16H,1-3H3. The molecule has 0 saturated carbocycles. The summed E-state index contributed by atoms with van der Waals surface area (Å²) in [6, 6.07) is 19.6. The van der Waals surface area contributed by atoms with Gasteiger partial charge in [0.2, 0.25) is 0 Å². The molecular formula is C16H19N. The maximum Gasteiger partial charge on any atom is 0.0599 e. The first-order valence-electron chi connectivity index (χ1n) is 5.97. The number of aryl methyl sites for hydroxylation is 1. The van der Waals surface area contributed by atoms with Gasteiger partial charge in [0.25, 0.3) is 0 Å². The molecule has 0 heterocycles. The lowest BCUT2D eigenvalue weighted by molar-refractivity contribution is 0.341. The second-order valence-corrected chi connectivity index (χ2v) is 4.63. The van der Waals surface area contributed by atoms with Crippen LogP contribution in [-0.4, -0.2) is 19.0 Å². The third-order valence-electron chi connectivity index (χ3n) is 3.11. The van der Waals surface area contributed by atoms with Crippen molar-refractivity contribution in [2.45, 2.75) is 13.0 Å². The quantitative estimate of drug-likeness (QED) is 0.770. The van der Waals surface area contributed by atoms with E-state index in [2.05, 4.69) is 80.5 Å². The maximum atomic E-state index is 2.26. The van der Waals surface area contributed by atoms with Crippen LogP contribution < -0.4 is 0 Å². The summed E-state index contributed by atoms with van der Waals surface area (Å²) < 4.78 is 0. The van der Waals surface area contributed by atoms with Crippen LogP contribution in [-0.2, 0) is 0 Å². The molecule has 0 fully saturated rings. The van der Waals surface area contributed by atoms with Crippen molar-refractivity contribution in [3.63, 3.8) is 0 Å². The smallest absolute Gasteiger partial charge is 0.0599 e. The first-order valence-corrected chi connectivity index (χ1v) is 5.97. The molecule has 1 nitrogen and oxygen atoms in total. The summed E-state index contributed by atoms with van der Waals surface area (Å²) in [5.41, 5.74) is 4.06. The molecule has 0 saturated heterocycles. The highest BCUT2D eigenvalue weighted by Crippen LogP contribution is 2.28. The lowest BCUT2D eigenvalue weighted by Crippen LogP contribution is -2.21. The average Bonchev–Trinajstić information content (AvgIpc) is 2.33. The number of benzene rings is 2. The maximum absolute atomic E-state index is 2.26. The number of nitrogens with zero attached hydrogens (tertiary/aromatic N) is 1. The highest BCUT2D eigenvalue weighted by Gasteiger charge is 2.17. The Morgan fingerprint density at radius 3 is 2.00 bits per heavy atom. The van der Waals surface area contributed by atoms with E-state index in [0.29, 0.717) is 6.04 Å². The van der Waals surface area contributed by atoms with Gasteiger partial charge in [-0.25, -0.2) is 0 Å². The topological polar surface area (TPSA) is 3.24 Å². The van der Waals surface area contributed by atoms with Gasteiger partial charge in [-0.3, -0.25) is 4.90 Å². The van der Waals surface area contributed by atoms with Gasteiger partial charge in [-0.05, 0) is 37.7 Å². The second kappa shape index (κ2) is 5.15. The van der Waals surface area contributed by atoms with E-state index >= 15 is 0 Å². The van der Waals surface area contributed by atoms with Crippen molar-refractivity contribution in [1.29, 1.82) is 0 Å². The van der Waals surface area contributed by atoms with Crippen molar-refractivity contribution >= 4 is 0 Å². The third-order valence-corrected chi connectivity index (χ3v) is 3.11. The Bertz CT molecular complexity index is 474. The molecule has 0 aromatic heterocycles. The van der Waals surface area contributed by atoms with Gasteiger partial charge in [-0.1, -0.05) is 54.6 Å². The number of hydrogen-bond donors (Lipinski definition) is 0. The molecule has 0 N–H and O–H groups in total. The molecule has 0 bridgehead atoms. The zero-order chi connectivity index (χ0) is 12.3. The summed E-state index contributed by atoms with van der Waals surface area (Å²) in [7, 11) is 4.26. The monoisotopic (exact) mass is 225 g/mol.